The van der Waals surface area contributed by atoms with Crippen LogP contribution in [0.15, 0.2) is 84.9 Å². The predicted octanol–water partition coefficient (Wildman–Crippen LogP) is 4.74. The maximum atomic E-state index is 13.2. The standard InChI is InChI=1S/C23H23FN2/c24-21-11-13-22(14-12-21)25-15-17-26(18-16-25)23(19-7-3-1-4-8-19)20-9-5-2-6-10-20/h1-14,23H,15-18H2. The highest BCUT2D eigenvalue weighted by Gasteiger charge is 2.26. The van der Waals surface area contributed by atoms with Crippen molar-refractivity contribution < 1.29 is 4.39 Å². The zero-order chi connectivity index (χ0) is 17.8. The number of nitrogens with zero attached hydrogens (tertiary/aromatic N) is 2. The summed E-state index contributed by atoms with van der Waals surface area (Å²) in [5.74, 6) is -0.180. The summed E-state index contributed by atoms with van der Waals surface area (Å²) < 4.78 is 13.2. The first-order valence-corrected chi connectivity index (χ1v) is 9.16. The lowest BCUT2D eigenvalue weighted by Gasteiger charge is -2.40. The smallest absolute Gasteiger partial charge is 0.123 e. The number of benzene rings is 3. The van der Waals surface area contributed by atoms with Gasteiger partial charge in [0.1, 0.15) is 5.82 Å². The summed E-state index contributed by atoms with van der Waals surface area (Å²) in [5, 5.41) is 0. The first-order chi connectivity index (χ1) is 12.8. The highest BCUT2D eigenvalue weighted by molar-refractivity contribution is 5.47. The highest BCUT2D eigenvalue weighted by Crippen LogP contribution is 2.30. The van der Waals surface area contributed by atoms with Gasteiger partial charge in [0.05, 0.1) is 6.04 Å². The summed E-state index contributed by atoms with van der Waals surface area (Å²) in [5.41, 5.74) is 3.75. The van der Waals surface area contributed by atoms with Crippen molar-refractivity contribution in [2.45, 2.75) is 6.04 Å². The van der Waals surface area contributed by atoms with Gasteiger partial charge in [-0.3, -0.25) is 4.90 Å². The third-order valence-electron chi connectivity index (χ3n) is 5.10. The fraction of sp³-hybridized carbons (Fsp3) is 0.217. The summed E-state index contributed by atoms with van der Waals surface area (Å²) in [7, 11) is 0. The van der Waals surface area contributed by atoms with E-state index in [0.717, 1.165) is 31.9 Å². The number of hydrogen-bond acceptors (Lipinski definition) is 2. The van der Waals surface area contributed by atoms with Crippen molar-refractivity contribution in [1.29, 1.82) is 0 Å². The van der Waals surface area contributed by atoms with Crippen molar-refractivity contribution in [2.75, 3.05) is 31.1 Å². The Hall–Kier alpha value is -2.65. The lowest BCUT2D eigenvalue weighted by Crippen LogP contribution is -2.48. The molecule has 1 heterocycles. The molecule has 0 unspecified atom stereocenters. The first kappa shape index (κ1) is 16.8. The van der Waals surface area contributed by atoms with Gasteiger partial charge in [-0.25, -0.2) is 4.39 Å². The molecular weight excluding hydrogens is 323 g/mol. The molecule has 3 aromatic rings. The van der Waals surface area contributed by atoms with Crippen LogP contribution in [0.4, 0.5) is 10.1 Å². The zero-order valence-electron chi connectivity index (χ0n) is 14.8. The second-order valence-corrected chi connectivity index (χ2v) is 6.72. The van der Waals surface area contributed by atoms with Crippen LogP contribution >= 0.6 is 0 Å². The number of anilines is 1. The molecule has 2 nitrogen and oxygen atoms in total. The molecule has 0 atom stereocenters. The summed E-state index contributed by atoms with van der Waals surface area (Å²) in [6, 6.07) is 28.5. The Morgan fingerprint density at radius 3 is 1.62 bits per heavy atom. The number of hydrogen-bond donors (Lipinski definition) is 0. The molecule has 0 spiro atoms. The Morgan fingerprint density at radius 1 is 0.615 bits per heavy atom. The molecule has 4 rings (SSSR count). The highest BCUT2D eigenvalue weighted by atomic mass is 19.1. The molecule has 0 bridgehead atoms. The Morgan fingerprint density at radius 2 is 1.12 bits per heavy atom. The van der Waals surface area contributed by atoms with Gasteiger partial charge in [-0.2, -0.15) is 0 Å². The Bertz CT molecular complexity index is 770. The fourth-order valence-corrected chi connectivity index (χ4v) is 3.77. The minimum Gasteiger partial charge on any atom is -0.369 e. The van der Waals surface area contributed by atoms with Crippen molar-refractivity contribution in [2.24, 2.45) is 0 Å². The van der Waals surface area contributed by atoms with Gasteiger partial charge in [0, 0.05) is 31.9 Å². The van der Waals surface area contributed by atoms with Crippen LogP contribution in [-0.4, -0.2) is 31.1 Å². The van der Waals surface area contributed by atoms with Crippen LogP contribution in [0.25, 0.3) is 0 Å². The van der Waals surface area contributed by atoms with Gasteiger partial charge in [0.15, 0.2) is 0 Å². The van der Waals surface area contributed by atoms with Crippen molar-refractivity contribution in [1.82, 2.24) is 4.90 Å². The van der Waals surface area contributed by atoms with E-state index >= 15 is 0 Å². The molecule has 1 saturated heterocycles. The second kappa shape index (κ2) is 7.71. The number of rotatable bonds is 4. The maximum absolute atomic E-state index is 13.2. The van der Waals surface area contributed by atoms with Gasteiger partial charge in [-0.15, -0.1) is 0 Å². The molecule has 1 fully saturated rings. The molecule has 1 aliphatic heterocycles. The van der Waals surface area contributed by atoms with E-state index in [-0.39, 0.29) is 11.9 Å². The monoisotopic (exact) mass is 346 g/mol. The van der Waals surface area contributed by atoms with Crippen LogP contribution in [0.1, 0.15) is 17.2 Å². The van der Waals surface area contributed by atoms with E-state index in [0.29, 0.717) is 0 Å². The van der Waals surface area contributed by atoms with Crippen LogP contribution < -0.4 is 4.90 Å². The molecule has 0 aromatic heterocycles. The minimum atomic E-state index is -0.180. The van der Waals surface area contributed by atoms with E-state index in [9.17, 15) is 4.39 Å². The zero-order valence-corrected chi connectivity index (χ0v) is 14.8. The molecule has 0 N–H and O–H groups in total. The van der Waals surface area contributed by atoms with Gasteiger partial charge in [0.25, 0.3) is 0 Å². The van der Waals surface area contributed by atoms with E-state index in [1.807, 2.05) is 12.1 Å². The lowest BCUT2D eigenvalue weighted by molar-refractivity contribution is 0.212. The minimum absolute atomic E-state index is 0.180. The topological polar surface area (TPSA) is 6.48 Å². The van der Waals surface area contributed by atoms with E-state index < -0.39 is 0 Å². The van der Waals surface area contributed by atoms with Crippen molar-refractivity contribution in [3.05, 3.63) is 102 Å². The van der Waals surface area contributed by atoms with Crippen LogP contribution in [0, 0.1) is 5.82 Å². The largest absolute Gasteiger partial charge is 0.369 e. The molecule has 0 radical (unpaired) electrons. The van der Waals surface area contributed by atoms with Crippen molar-refractivity contribution in [3.63, 3.8) is 0 Å². The molecule has 0 amide bonds. The van der Waals surface area contributed by atoms with E-state index in [1.54, 1.807) is 12.1 Å². The molecular formula is C23H23FN2. The summed E-state index contributed by atoms with van der Waals surface area (Å²) in [6.45, 7) is 3.85. The van der Waals surface area contributed by atoms with Crippen LogP contribution in [0.2, 0.25) is 0 Å². The third-order valence-corrected chi connectivity index (χ3v) is 5.10. The molecule has 0 saturated carbocycles. The molecule has 3 aromatic carbocycles. The Balaban J connectivity index is 1.54. The average Bonchev–Trinajstić information content (AvgIpc) is 2.71. The average molecular weight is 346 g/mol. The fourth-order valence-electron chi connectivity index (χ4n) is 3.77. The lowest BCUT2D eigenvalue weighted by atomic mass is 9.96. The molecule has 132 valence electrons. The van der Waals surface area contributed by atoms with E-state index in [2.05, 4.69) is 70.5 Å². The van der Waals surface area contributed by atoms with Gasteiger partial charge in [0.2, 0.25) is 0 Å². The van der Waals surface area contributed by atoms with Crippen molar-refractivity contribution in [3.8, 4) is 0 Å². The van der Waals surface area contributed by atoms with Crippen LogP contribution in [0.3, 0.4) is 0 Å². The third kappa shape index (κ3) is 3.63. The van der Waals surface area contributed by atoms with Crippen LogP contribution in [0.5, 0.6) is 0 Å². The molecule has 26 heavy (non-hydrogen) atoms. The van der Waals surface area contributed by atoms with Crippen molar-refractivity contribution >= 4 is 5.69 Å². The normalized spacial score (nSPS) is 15.4. The first-order valence-electron chi connectivity index (χ1n) is 9.16. The Labute approximate surface area is 154 Å². The SMILES string of the molecule is Fc1ccc(N2CCN(C(c3ccccc3)c3ccccc3)CC2)cc1. The van der Waals surface area contributed by atoms with Gasteiger partial charge in [-0.1, -0.05) is 60.7 Å². The molecule has 1 aliphatic rings. The molecule has 3 heteroatoms. The second-order valence-electron chi connectivity index (χ2n) is 6.72. The van der Waals surface area contributed by atoms with Gasteiger partial charge in [-0.05, 0) is 35.4 Å². The number of piperazine rings is 1. The van der Waals surface area contributed by atoms with E-state index in [4.69, 9.17) is 0 Å². The summed E-state index contributed by atoms with van der Waals surface area (Å²) >= 11 is 0. The molecule has 0 aliphatic carbocycles. The number of halogens is 1. The summed E-state index contributed by atoms with van der Waals surface area (Å²) in [4.78, 5) is 4.88. The van der Waals surface area contributed by atoms with Gasteiger partial charge < -0.3 is 4.90 Å². The van der Waals surface area contributed by atoms with Crippen LogP contribution in [-0.2, 0) is 0 Å². The van der Waals surface area contributed by atoms with Gasteiger partial charge >= 0.3 is 0 Å². The maximum Gasteiger partial charge on any atom is 0.123 e. The predicted molar refractivity (Wildman–Crippen MR) is 105 cm³/mol. The quantitative estimate of drug-likeness (QED) is 0.673. The Kier molecular flexibility index (Phi) is 4.98. The van der Waals surface area contributed by atoms with E-state index in [1.165, 1.54) is 11.1 Å². The summed E-state index contributed by atoms with van der Waals surface area (Å²) in [6.07, 6.45) is 0.